The molecule has 0 heterocycles. The molecule has 1 amide bonds. The van der Waals surface area contributed by atoms with Crippen LogP contribution in [-0.4, -0.2) is 34.2 Å². The molecule has 0 atom stereocenters. The van der Waals surface area contributed by atoms with Gasteiger partial charge in [0.15, 0.2) is 0 Å². The van der Waals surface area contributed by atoms with Crippen LogP contribution < -0.4 is 14.3 Å². The largest absolute Gasteiger partial charge is 0.325 e. The van der Waals surface area contributed by atoms with E-state index in [0.717, 1.165) is 17.2 Å². The van der Waals surface area contributed by atoms with Crippen LogP contribution in [0, 0.1) is 24.0 Å². The van der Waals surface area contributed by atoms with Gasteiger partial charge in [0.2, 0.25) is 5.91 Å². The van der Waals surface area contributed by atoms with E-state index in [9.17, 15) is 31.7 Å². The first-order valence-electron chi connectivity index (χ1n) is 12.2. The fraction of sp³-hybridized carbons (Fsp3) is 0.107. The Morgan fingerprint density at radius 1 is 0.829 bits per heavy atom. The lowest BCUT2D eigenvalue weighted by Gasteiger charge is -2.23. The van der Waals surface area contributed by atoms with Crippen molar-refractivity contribution < 1.29 is 26.6 Å². The molecule has 4 aromatic carbocycles. The molecule has 0 aliphatic rings. The highest BCUT2D eigenvalue weighted by Gasteiger charge is 2.32. The van der Waals surface area contributed by atoms with Crippen LogP contribution >= 0.6 is 0 Å². The summed E-state index contributed by atoms with van der Waals surface area (Å²) in [7, 11) is -8.31. The second-order valence-electron chi connectivity index (χ2n) is 9.07. The van der Waals surface area contributed by atoms with E-state index in [-0.39, 0.29) is 21.2 Å². The zero-order chi connectivity index (χ0) is 29.8. The molecule has 41 heavy (non-hydrogen) atoms. The number of carbonyl (C=O) groups is 1. The monoisotopic (exact) mass is 594 g/mol. The quantitative estimate of drug-likeness (QED) is 0.196. The van der Waals surface area contributed by atoms with Crippen molar-refractivity contribution in [1.29, 1.82) is 0 Å². The minimum absolute atomic E-state index is 0.0522. The van der Waals surface area contributed by atoms with E-state index in [1.165, 1.54) is 66.7 Å². The topological polar surface area (TPSA) is 156 Å². The number of rotatable bonds is 10. The molecule has 0 bridgehead atoms. The second-order valence-corrected chi connectivity index (χ2v) is 12.6. The Hall–Kier alpha value is -4.75. The van der Waals surface area contributed by atoms with Gasteiger partial charge in [-0.3, -0.25) is 19.6 Å². The number of amides is 1. The number of sulfonamides is 2. The highest BCUT2D eigenvalue weighted by molar-refractivity contribution is 7.93. The first kappa shape index (κ1) is 29.2. The first-order chi connectivity index (χ1) is 19.4. The number of anilines is 3. The normalized spacial score (nSPS) is 11.5. The molecular formula is C28H26N4O7S2. The summed E-state index contributed by atoms with van der Waals surface area (Å²) in [6.45, 7) is 2.90. The molecule has 4 rings (SSSR count). The summed E-state index contributed by atoms with van der Waals surface area (Å²) >= 11 is 0. The predicted octanol–water partition coefficient (Wildman–Crippen LogP) is 4.85. The van der Waals surface area contributed by atoms with Crippen LogP contribution in [0.5, 0.6) is 0 Å². The molecule has 0 unspecified atom stereocenters. The number of carbonyl (C=O) groups excluding carboxylic acids is 1. The van der Waals surface area contributed by atoms with E-state index in [1.54, 1.807) is 25.1 Å². The first-order valence-corrected chi connectivity index (χ1v) is 15.1. The number of nitrogens with one attached hydrogen (secondary N) is 2. The molecular weight excluding hydrogens is 568 g/mol. The lowest BCUT2D eigenvalue weighted by molar-refractivity contribution is -0.384. The van der Waals surface area contributed by atoms with Crippen LogP contribution in [0.3, 0.4) is 0 Å². The van der Waals surface area contributed by atoms with E-state index in [0.29, 0.717) is 9.99 Å². The van der Waals surface area contributed by atoms with E-state index < -0.39 is 43.1 Å². The van der Waals surface area contributed by atoms with E-state index in [2.05, 4.69) is 10.0 Å². The Balaban J connectivity index is 1.57. The van der Waals surface area contributed by atoms with Gasteiger partial charge in [0.05, 0.1) is 20.4 Å². The molecule has 11 nitrogen and oxygen atoms in total. The van der Waals surface area contributed by atoms with Crippen molar-refractivity contribution in [3.63, 3.8) is 0 Å². The van der Waals surface area contributed by atoms with Gasteiger partial charge in [-0.25, -0.2) is 21.1 Å². The zero-order valence-electron chi connectivity index (χ0n) is 22.0. The minimum Gasteiger partial charge on any atom is -0.325 e. The zero-order valence-corrected chi connectivity index (χ0v) is 23.6. The van der Waals surface area contributed by atoms with Crippen molar-refractivity contribution in [3.8, 4) is 0 Å². The average Bonchev–Trinajstić information content (AvgIpc) is 2.94. The van der Waals surface area contributed by atoms with Gasteiger partial charge in [-0.2, -0.15) is 0 Å². The van der Waals surface area contributed by atoms with Crippen molar-refractivity contribution >= 4 is 48.7 Å². The van der Waals surface area contributed by atoms with E-state index >= 15 is 0 Å². The summed E-state index contributed by atoms with van der Waals surface area (Å²) in [6.07, 6.45) is 0. The number of benzene rings is 4. The predicted molar refractivity (Wildman–Crippen MR) is 156 cm³/mol. The Morgan fingerprint density at radius 3 is 2.10 bits per heavy atom. The number of nitro benzene ring substituents is 1. The molecule has 2 N–H and O–H groups in total. The van der Waals surface area contributed by atoms with Crippen LogP contribution in [0.4, 0.5) is 22.7 Å². The molecule has 0 aromatic heterocycles. The fourth-order valence-corrected chi connectivity index (χ4v) is 6.62. The van der Waals surface area contributed by atoms with Crippen molar-refractivity contribution in [2.45, 2.75) is 23.6 Å². The van der Waals surface area contributed by atoms with E-state index in [1.807, 2.05) is 13.0 Å². The molecule has 0 aliphatic carbocycles. The number of nitro groups is 1. The molecule has 0 saturated heterocycles. The van der Waals surface area contributed by atoms with Crippen molar-refractivity contribution in [1.82, 2.24) is 0 Å². The summed E-state index contributed by atoms with van der Waals surface area (Å²) in [5.41, 5.74) is 1.59. The molecule has 4 aromatic rings. The van der Waals surface area contributed by atoms with Gasteiger partial charge in [-0.15, -0.1) is 0 Å². The molecule has 0 fully saturated rings. The summed E-state index contributed by atoms with van der Waals surface area (Å²) in [6, 6.07) is 23.1. The maximum atomic E-state index is 13.5. The third-order valence-electron chi connectivity index (χ3n) is 6.04. The summed E-state index contributed by atoms with van der Waals surface area (Å²) in [5, 5.41) is 14.2. The number of para-hydroxylation sites is 2. The maximum absolute atomic E-state index is 13.5. The van der Waals surface area contributed by atoms with Gasteiger partial charge >= 0.3 is 0 Å². The van der Waals surface area contributed by atoms with Crippen molar-refractivity contribution in [3.05, 3.63) is 118 Å². The van der Waals surface area contributed by atoms with Gasteiger partial charge in [0.1, 0.15) is 12.2 Å². The Bertz CT molecular complexity index is 1810. The Morgan fingerprint density at radius 2 is 1.46 bits per heavy atom. The number of hydrogen-bond acceptors (Lipinski definition) is 7. The lowest BCUT2D eigenvalue weighted by Crippen LogP contribution is -2.38. The lowest BCUT2D eigenvalue weighted by atomic mass is 10.1. The maximum Gasteiger partial charge on any atom is 0.293 e. The van der Waals surface area contributed by atoms with E-state index in [4.69, 9.17) is 0 Å². The van der Waals surface area contributed by atoms with Crippen molar-refractivity contribution in [2.24, 2.45) is 0 Å². The van der Waals surface area contributed by atoms with Gasteiger partial charge in [0.25, 0.3) is 25.7 Å². The van der Waals surface area contributed by atoms with Crippen LogP contribution in [0.25, 0.3) is 0 Å². The number of aryl methyl sites for hydroxylation is 2. The fourth-order valence-electron chi connectivity index (χ4n) is 4.03. The molecule has 13 heteroatoms. The Labute approximate surface area is 237 Å². The van der Waals surface area contributed by atoms with Gasteiger partial charge < -0.3 is 5.32 Å². The van der Waals surface area contributed by atoms with Crippen LogP contribution in [0.2, 0.25) is 0 Å². The van der Waals surface area contributed by atoms with Gasteiger partial charge in [-0.1, -0.05) is 48.0 Å². The number of hydrogen-bond donors (Lipinski definition) is 2. The van der Waals surface area contributed by atoms with Crippen LogP contribution in [0.15, 0.2) is 107 Å². The van der Waals surface area contributed by atoms with Crippen LogP contribution in [-0.2, 0) is 24.8 Å². The van der Waals surface area contributed by atoms with Gasteiger partial charge in [-0.05, 0) is 67.9 Å². The third kappa shape index (κ3) is 6.70. The summed E-state index contributed by atoms with van der Waals surface area (Å²) in [5.74, 6) is -0.799. The van der Waals surface area contributed by atoms with Crippen LogP contribution in [0.1, 0.15) is 11.1 Å². The standard InChI is InChI=1S/C28H26N4O7S2/c1-20-12-17-25(21(2)18-20)30-40(36,37)23-15-13-22(14-16-23)29-28(33)19-31(26-10-6-7-11-27(26)32(34)35)41(38,39)24-8-4-3-5-9-24/h3-18,30H,19H2,1-2H3,(H,29,33). The molecule has 0 spiro atoms. The minimum atomic E-state index is -4.38. The second kappa shape index (κ2) is 11.8. The summed E-state index contributed by atoms with van der Waals surface area (Å²) < 4.78 is 56.0. The third-order valence-corrected chi connectivity index (χ3v) is 9.20. The SMILES string of the molecule is Cc1ccc(NS(=O)(=O)c2ccc(NC(=O)CN(c3ccccc3[N+](=O)[O-])S(=O)(=O)c3ccccc3)cc2)c(C)c1. The summed E-state index contributed by atoms with van der Waals surface area (Å²) in [4.78, 5) is 23.7. The average molecular weight is 595 g/mol. The van der Waals surface area contributed by atoms with Crippen molar-refractivity contribution in [2.75, 3.05) is 20.9 Å². The number of nitrogens with zero attached hydrogens (tertiary/aromatic N) is 2. The highest BCUT2D eigenvalue weighted by Crippen LogP contribution is 2.32. The van der Waals surface area contributed by atoms with Gasteiger partial charge in [0, 0.05) is 11.8 Å². The Kier molecular flexibility index (Phi) is 8.40. The molecule has 0 radical (unpaired) electrons. The highest BCUT2D eigenvalue weighted by atomic mass is 32.2. The molecule has 212 valence electrons. The molecule has 0 aliphatic heterocycles. The smallest absolute Gasteiger partial charge is 0.293 e. The molecule has 0 saturated carbocycles.